The van der Waals surface area contributed by atoms with Crippen LogP contribution in [-0.2, 0) is 0 Å². The van der Waals surface area contributed by atoms with Crippen LogP contribution in [0.3, 0.4) is 0 Å². The largest absolute Gasteiger partial charge is 0.322 e. The smallest absolute Gasteiger partial charge is 0.271 e. The highest BCUT2D eigenvalue weighted by Crippen LogP contribution is 2.28. The van der Waals surface area contributed by atoms with Crippen molar-refractivity contribution in [1.29, 1.82) is 0 Å². The van der Waals surface area contributed by atoms with Gasteiger partial charge in [-0.15, -0.1) is 0 Å². The number of nitrogens with one attached hydrogen (secondary N) is 1. The van der Waals surface area contributed by atoms with E-state index in [9.17, 15) is 14.9 Å². The number of anilines is 1. The zero-order valence-corrected chi connectivity index (χ0v) is 16.5. The highest BCUT2D eigenvalue weighted by atomic mass is 16.6. The number of hydrogen-bond acceptors (Lipinski definition) is 4. The van der Waals surface area contributed by atoms with Crippen LogP contribution in [0.1, 0.15) is 21.5 Å². The van der Waals surface area contributed by atoms with E-state index < -0.39 is 4.92 Å². The van der Waals surface area contributed by atoms with Gasteiger partial charge in [0.1, 0.15) is 0 Å². The van der Waals surface area contributed by atoms with Crippen molar-refractivity contribution in [3.05, 3.63) is 99.6 Å². The molecule has 0 aliphatic heterocycles. The Balaban J connectivity index is 1.80. The van der Waals surface area contributed by atoms with Crippen molar-refractivity contribution in [3.8, 4) is 11.3 Å². The third-order valence-corrected chi connectivity index (χ3v) is 4.93. The molecule has 6 nitrogen and oxygen atoms in total. The lowest BCUT2D eigenvalue weighted by atomic mass is 9.99. The number of nitro benzene ring substituents is 1. The first-order valence-corrected chi connectivity index (χ1v) is 9.45. The lowest BCUT2D eigenvalue weighted by Crippen LogP contribution is -2.13. The highest BCUT2D eigenvalue weighted by molar-refractivity contribution is 6.13. The minimum atomic E-state index is -0.490. The van der Waals surface area contributed by atoms with Gasteiger partial charge < -0.3 is 5.32 Å². The van der Waals surface area contributed by atoms with E-state index in [1.807, 2.05) is 50.2 Å². The molecule has 148 valence electrons. The Bertz CT molecular complexity index is 1300. The Morgan fingerprint density at radius 1 is 0.967 bits per heavy atom. The molecule has 0 spiro atoms. The average Bonchev–Trinajstić information content (AvgIpc) is 2.73. The molecular weight excluding hydrogens is 378 g/mol. The summed E-state index contributed by atoms with van der Waals surface area (Å²) in [5.41, 5.74) is 5.34. The maximum Gasteiger partial charge on any atom is 0.271 e. The predicted molar refractivity (Wildman–Crippen MR) is 118 cm³/mol. The van der Waals surface area contributed by atoms with Crippen LogP contribution in [0.2, 0.25) is 0 Å². The summed E-state index contributed by atoms with van der Waals surface area (Å²) in [7, 11) is 0. The molecule has 3 aromatic carbocycles. The molecule has 1 N–H and O–H groups in total. The van der Waals surface area contributed by atoms with E-state index in [-0.39, 0.29) is 11.6 Å². The summed E-state index contributed by atoms with van der Waals surface area (Å²) in [6, 6.07) is 21.2. The number of aryl methyl sites for hydroxylation is 2. The van der Waals surface area contributed by atoms with Gasteiger partial charge in [0.25, 0.3) is 11.6 Å². The van der Waals surface area contributed by atoms with Crippen LogP contribution in [0.5, 0.6) is 0 Å². The maximum atomic E-state index is 13.1. The van der Waals surface area contributed by atoms with Crippen molar-refractivity contribution < 1.29 is 9.72 Å². The van der Waals surface area contributed by atoms with E-state index in [0.29, 0.717) is 27.8 Å². The number of pyridine rings is 1. The van der Waals surface area contributed by atoms with Gasteiger partial charge >= 0.3 is 0 Å². The van der Waals surface area contributed by atoms with Gasteiger partial charge in [0.2, 0.25) is 0 Å². The molecule has 6 heteroatoms. The standard InChI is InChI=1S/C24H19N3O3/c1-15-10-11-19(16(2)12-15)23-14-21(20-8-3-4-9-22(20)26-23)24(28)25-17-6-5-7-18(13-17)27(29)30/h3-14H,1-2H3,(H,25,28). The average molecular weight is 397 g/mol. The van der Waals surface area contributed by atoms with Crippen LogP contribution in [0.25, 0.3) is 22.2 Å². The molecule has 0 radical (unpaired) electrons. The normalized spacial score (nSPS) is 10.7. The van der Waals surface area contributed by atoms with Crippen LogP contribution in [-0.4, -0.2) is 15.8 Å². The molecule has 0 unspecified atom stereocenters. The Hall–Kier alpha value is -4.06. The summed E-state index contributed by atoms with van der Waals surface area (Å²) in [6.07, 6.45) is 0. The van der Waals surface area contributed by atoms with E-state index >= 15 is 0 Å². The number of non-ortho nitro benzene ring substituents is 1. The molecular formula is C24H19N3O3. The van der Waals surface area contributed by atoms with Crippen LogP contribution < -0.4 is 5.32 Å². The quantitative estimate of drug-likeness (QED) is 0.355. The zero-order valence-electron chi connectivity index (χ0n) is 16.5. The number of hydrogen-bond donors (Lipinski definition) is 1. The van der Waals surface area contributed by atoms with Gasteiger partial charge in [0.05, 0.1) is 21.7 Å². The van der Waals surface area contributed by atoms with Gasteiger partial charge in [-0.05, 0) is 37.6 Å². The molecule has 1 aromatic heterocycles. The third-order valence-electron chi connectivity index (χ3n) is 4.93. The minimum absolute atomic E-state index is 0.0802. The van der Waals surface area contributed by atoms with Crippen molar-refractivity contribution in [3.63, 3.8) is 0 Å². The van der Waals surface area contributed by atoms with Crippen molar-refractivity contribution in [2.75, 3.05) is 5.32 Å². The Morgan fingerprint density at radius 2 is 1.77 bits per heavy atom. The molecule has 0 saturated heterocycles. The second kappa shape index (κ2) is 7.75. The number of benzene rings is 3. The highest BCUT2D eigenvalue weighted by Gasteiger charge is 2.16. The first-order valence-electron chi connectivity index (χ1n) is 9.45. The van der Waals surface area contributed by atoms with E-state index in [1.165, 1.54) is 12.1 Å². The summed E-state index contributed by atoms with van der Waals surface area (Å²) in [5.74, 6) is -0.347. The number of carbonyl (C=O) groups excluding carboxylic acids is 1. The molecule has 30 heavy (non-hydrogen) atoms. The second-order valence-electron chi connectivity index (χ2n) is 7.15. The number of rotatable bonds is 4. The number of nitro groups is 1. The fraction of sp³-hybridized carbons (Fsp3) is 0.0833. The topological polar surface area (TPSA) is 85.1 Å². The van der Waals surface area contributed by atoms with Crippen molar-refractivity contribution in [1.82, 2.24) is 4.98 Å². The zero-order chi connectivity index (χ0) is 21.3. The Morgan fingerprint density at radius 3 is 2.53 bits per heavy atom. The molecule has 1 amide bonds. The van der Waals surface area contributed by atoms with Crippen molar-refractivity contribution >= 4 is 28.2 Å². The number of nitrogens with zero attached hydrogens (tertiary/aromatic N) is 2. The number of para-hydroxylation sites is 1. The summed E-state index contributed by atoms with van der Waals surface area (Å²) in [6.45, 7) is 4.05. The summed E-state index contributed by atoms with van der Waals surface area (Å²) in [4.78, 5) is 28.4. The van der Waals surface area contributed by atoms with E-state index in [4.69, 9.17) is 4.98 Å². The molecule has 0 aliphatic rings. The molecule has 4 aromatic rings. The number of fused-ring (bicyclic) bond motifs is 1. The molecule has 4 rings (SSSR count). The predicted octanol–water partition coefficient (Wildman–Crippen LogP) is 5.68. The van der Waals surface area contributed by atoms with Crippen molar-refractivity contribution in [2.45, 2.75) is 13.8 Å². The number of aromatic nitrogens is 1. The number of amides is 1. The molecule has 0 fully saturated rings. The van der Waals surface area contributed by atoms with Crippen LogP contribution >= 0.6 is 0 Å². The second-order valence-corrected chi connectivity index (χ2v) is 7.15. The molecule has 0 bridgehead atoms. The molecule has 0 aliphatic carbocycles. The first-order chi connectivity index (χ1) is 14.4. The first kappa shape index (κ1) is 19.3. The molecule has 0 atom stereocenters. The van der Waals surface area contributed by atoms with E-state index in [0.717, 1.165) is 16.7 Å². The minimum Gasteiger partial charge on any atom is -0.322 e. The van der Waals surface area contributed by atoms with Gasteiger partial charge in [0, 0.05) is 28.8 Å². The Labute approximate surface area is 173 Å². The van der Waals surface area contributed by atoms with Gasteiger partial charge in [-0.2, -0.15) is 0 Å². The maximum absolute atomic E-state index is 13.1. The molecule has 0 saturated carbocycles. The SMILES string of the molecule is Cc1ccc(-c2cc(C(=O)Nc3cccc([N+](=O)[O-])c3)c3ccccc3n2)c(C)c1. The lowest BCUT2D eigenvalue weighted by molar-refractivity contribution is -0.384. The third kappa shape index (κ3) is 3.75. The van der Waals surface area contributed by atoms with Gasteiger partial charge in [0.15, 0.2) is 0 Å². The summed E-state index contributed by atoms with van der Waals surface area (Å²) >= 11 is 0. The van der Waals surface area contributed by atoms with Crippen LogP contribution in [0.15, 0.2) is 72.8 Å². The summed E-state index contributed by atoms with van der Waals surface area (Å²) in [5, 5.41) is 14.5. The van der Waals surface area contributed by atoms with Gasteiger partial charge in [-0.1, -0.05) is 48.0 Å². The Kier molecular flexibility index (Phi) is 4.98. The van der Waals surface area contributed by atoms with Gasteiger partial charge in [-0.25, -0.2) is 4.98 Å². The van der Waals surface area contributed by atoms with Gasteiger partial charge in [-0.3, -0.25) is 14.9 Å². The van der Waals surface area contributed by atoms with E-state index in [2.05, 4.69) is 11.4 Å². The van der Waals surface area contributed by atoms with Crippen molar-refractivity contribution in [2.24, 2.45) is 0 Å². The van der Waals surface area contributed by atoms with E-state index in [1.54, 1.807) is 18.2 Å². The van der Waals surface area contributed by atoms with Crippen LogP contribution in [0.4, 0.5) is 11.4 Å². The monoisotopic (exact) mass is 397 g/mol. The molecule has 1 heterocycles. The number of carbonyl (C=O) groups is 1. The summed E-state index contributed by atoms with van der Waals surface area (Å²) < 4.78 is 0. The fourth-order valence-corrected chi connectivity index (χ4v) is 3.50. The fourth-order valence-electron chi connectivity index (χ4n) is 3.50. The van der Waals surface area contributed by atoms with Crippen LogP contribution in [0, 0.1) is 24.0 Å². The lowest BCUT2D eigenvalue weighted by Gasteiger charge is -2.12.